The summed E-state index contributed by atoms with van der Waals surface area (Å²) in [7, 11) is -3.57. The van der Waals surface area contributed by atoms with Gasteiger partial charge in [-0.3, -0.25) is 0 Å². The van der Waals surface area contributed by atoms with Crippen molar-refractivity contribution in [2.75, 3.05) is 0 Å². The van der Waals surface area contributed by atoms with Gasteiger partial charge in [-0.25, -0.2) is 13.1 Å². The van der Waals surface area contributed by atoms with Crippen molar-refractivity contribution in [3.63, 3.8) is 0 Å². The second-order valence-electron chi connectivity index (χ2n) is 4.76. The molecule has 1 heterocycles. The lowest BCUT2D eigenvalue weighted by molar-refractivity contribution is 0.581. The number of aryl methyl sites for hydroxylation is 1. The largest absolute Gasteiger partial charge is 0.326 e. The van der Waals surface area contributed by atoms with Crippen LogP contribution in [0.15, 0.2) is 32.9 Å². The van der Waals surface area contributed by atoms with Gasteiger partial charge in [0.05, 0.1) is 4.90 Å². The first-order valence-corrected chi connectivity index (χ1v) is 9.52. The van der Waals surface area contributed by atoms with E-state index in [1.54, 1.807) is 24.3 Å². The zero-order valence-electron chi connectivity index (χ0n) is 11.8. The van der Waals surface area contributed by atoms with E-state index in [2.05, 4.69) is 20.7 Å². The smallest absolute Gasteiger partial charge is 0.241 e. The van der Waals surface area contributed by atoms with Gasteiger partial charge in [0.15, 0.2) is 0 Å². The van der Waals surface area contributed by atoms with Gasteiger partial charge in [0.25, 0.3) is 0 Å². The van der Waals surface area contributed by atoms with Gasteiger partial charge in [0.1, 0.15) is 0 Å². The van der Waals surface area contributed by atoms with Crippen LogP contribution in [0.2, 0.25) is 0 Å². The van der Waals surface area contributed by atoms with Gasteiger partial charge < -0.3 is 5.73 Å². The molecule has 114 valence electrons. The van der Waals surface area contributed by atoms with Crippen LogP contribution in [0, 0.1) is 13.8 Å². The summed E-state index contributed by atoms with van der Waals surface area (Å²) < 4.78 is 28.4. The van der Waals surface area contributed by atoms with Gasteiger partial charge in [-0.1, -0.05) is 15.9 Å². The Morgan fingerprint density at radius 1 is 1.33 bits per heavy atom. The van der Waals surface area contributed by atoms with E-state index in [0.717, 1.165) is 20.5 Å². The summed E-state index contributed by atoms with van der Waals surface area (Å²) in [5, 5.41) is 1.95. The van der Waals surface area contributed by atoms with Gasteiger partial charge in [-0.2, -0.15) is 0 Å². The van der Waals surface area contributed by atoms with Gasteiger partial charge in [0.2, 0.25) is 10.0 Å². The average molecular weight is 389 g/mol. The number of nitrogens with one attached hydrogen (secondary N) is 1. The second kappa shape index (κ2) is 6.58. The third-order valence-corrected chi connectivity index (χ3v) is 6.65. The van der Waals surface area contributed by atoms with Crippen molar-refractivity contribution in [3.05, 3.63) is 49.6 Å². The van der Waals surface area contributed by atoms with Crippen LogP contribution in [0.5, 0.6) is 0 Å². The lowest BCUT2D eigenvalue weighted by atomic mass is 10.1. The molecule has 1 aromatic carbocycles. The van der Waals surface area contributed by atoms with E-state index < -0.39 is 10.0 Å². The highest BCUT2D eigenvalue weighted by Gasteiger charge is 2.19. The maximum Gasteiger partial charge on any atom is 0.241 e. The van der Waals surface area contributed by atoms with Crippen LogP contribution in [0.4, 0.5) is 0 Å². The fourth-order valence-electron chi connectivity index (χ4n) is 1.93. The normalized spacial score (nSPS) is 11.8. The average Bonchev–Trinajstić information content (AvgIpc) is 2.84. The molecule has 2 rings (SSSR count). The van der Waals surface area contributed by atoms with E-state index in [-0.39, 0.29) is 4.90 Å². The SMILES string of the molecule is Cc1ccsc1CNS(=O)(=O)c1cc(CN)cc(Br)c1C. The molecule has 2 aromatic rings. The van der Waals surface area contributed by atoms with Crippen LogP contribution in [0.1, 0.15) is 21.6 Å². The van der Waals surface area contributed by atoms with Crippen LogP contribution >= 0.6 is 27.3 Å². The fraction of sp³-hybridized carbons (Fsp3) is 0.286. The van der Waals surface area contributed by atoms with Crippen molar-refractivity contribution in [2.45, 2.75) is 31.8 Å². The summed E-state index contributed by atoms with van der Waals surface area (Å²) >= 11 is 4.93. The molecular weight excluding hydrogens is 372 g/mol. The molecule has 0 spiro atoms. The predicted octanol–water partition coefficient (Wildman–Crippen LogP) is 3.06. The standard InChI is InChI=1S/C14H17BrN2O2S2/c1-9-3-4-20-13(9)8-17-21(18,19)14-6-11(7-16)5-12(15)10(14)2/h3-6,17H,7-8,16H2,1-2H3. The second-order valence-corrected chi connectivity index (χ2v) is 8.35. The summed E-state index contributed by atoms with van der Waals surface area (Å²) in [4.78, 5) is 1.29. The first kappa shape index (κ1) is 16.6. The number of halogens is 1. The maximum absolute atomic E-state index is 12.5. The van der Waals surface area contributed by atoms with Crippen molar-refractivity contribution in [3.8, 4) is 0 Å². The number of thiophene rings is 1. The lowest BCUT2D eigenvalue weighted by Crippen LogP contribution is -2.24. The number of rotatable bonds is 5. The quantitative estimate of drug-likeness (QED) is 0.826. The molecule has 0 aliphatic heterocycles. The van der Waals surface area contributed by atoms with E-state index in [0.29, 0.717) is 18.7 Å². The summed E-state index contributed by atoms with van der Waals surface area (Å²) in [5.41, 5.74) is 8.17. The minimum Gasteiger partial charge on any atom is -0.326 e. The summed E-state index contributed by atoms with van der Waals surface area (Å²) in [6.07, 6.45) is 0. The van der Waals surface area contributed by atoms with Crippen LogP contribution in [-0.4, -0.2) is 8.42 Å². The summed E-state index contributed by atoms with van der Waals surface area (Å²) in [6, 6.07) is 5.45. The van der Waals surface area contributed by atoms with Gasteiger partial charge >= 0.3 is 0 Å². The molecule has 0 radical (unpaired) electrons. The Kier molecular flexibility index (Phi) is 5.21. The van der Waals surface area contributed by atoms with E-state index in [9.17, 15) is 8.42 Å². The molecule has 1 aromatic heterocycles. The molecule has 3 N–H and O–H groups in total. The topological polar surface area (TPSA) is 72.2 Å². The highest BCUT2D eigenvalue weighted by Crippen LogP contribution is 2.26. The first-order chi connectivity index (χ1) is 9.85. The van der Waals surface area contributed by atoms with Crippen LogP contribution < -0.4 is 10.5 Å². The van der Waals surface area contributed by atoms with E-state index in [1.807, 2.05) is 24.4 Å². The van der Waals surface area contributed by atoms with Gasteiger partial charge in [-0.15, -0.1) is 11.3 Å². The monoisotopic (exact) mass is 388 g/mol. The van der Waals surface area contributed by atoms with Crippen LogP contribution in [-0.2, 0) is 23.1 Å². The minimum atomic E-state index is -3.57. The molecule has 0 saturated heterocycles. The highest BCUT2D eigenvalue weighted by atomic mass is 79.9. The van der Waals surface area contributed by atoms with Crippen molar-refractivity contribution < 1.29 is 8.42 Å². The summed E-state index contributed by atoms with van der Waals surface area (Å²) in [5.74, 6) is 0. The Morgan fingerprint density at radius 3 is 2.62 bits per heavy atom. The number of nitrogens with two attached hydrogens (primary N) is 1. The highest BCUT2D eigenvalue weighted by molar-refractivity contribution is 9.10. The Bertz CT molecular complexity index is 754. The molecule has 0 aliphatic rings. The Balaban J connectivity index is 2.31. The van der Waals surface area contributed by atoms with Crippen LogP contribution in [0.25, 0.3) is 0 Å². The number of sulfonamides is 1. The minimum absolute atomic E-state index is 0.270. The number of hydrogen-bond acceptors (Lipinski definition) is 4. The third kappa shape index (κ3) is 3.73. The van der Waals surface area contributed by atoms with Crippen molar-refractivity contribution in [1.29, 1.82) is 0 Å². The van der Waals surface area contributed by atoms with Gasteiger partial charge in [-0.05, 0) is 54.1 Å². The molecule has 7 heteroatoms. The van der Waals surface area contributed by atoms with E-state index in [4.69, 9.17) is 5.73 Å². The molecule has 0 saturated carbocycles. The first-order valence-electron chi connectivity index (χ1n) is 6.37. The lowest BCUT2D eigenvalue weighted by Gasteiger charge is -2.12. The molecule has 0 atom stereocenters. The Morgan fingerprint density at radius 2 is 2.05 bits per heavy atom. The molecular formula is C14H17BrN2O2S2. The number of hydrogen-bond donors (Lipinski definition) is 2. The number of benzene rings is 1. The summed E-state index contributed by atoms with van der Waals surface area (Å²) in [6.45, 7) is 4.34. The fourth-order valence-corrected chi connectivity index (χ4v) is 4.81. The van der Waals surface area contributed by atoms with Crippen molar-refractivity contribution >= 4 is 37.3 Å². The molecule has 0 aliphatic carbocycles. The predicted molar refractivity (Wildman–Crippen MR) is 89.9 cm³/mol. The zero-order chi connectivity index (χ0) is 15.6. The maximum atomic E-state index is 12.5. The Hall–Kier alpha value is -0.730. The molecule has 0 amide bonds. The third-order valence-electron chi connectivity index (χ3n) is 3.27. The van der Waals surface area contributed by atoms with E-state index >= 15 is 0 Å². The van der Waals surface area contributed by atoms with Crippen molar-refractivity contribution in [2.24, 2.45) is 5.73 Å². The Labute approximate surface area is 137 Å². The zero-order valence-corrected chi connectivity index (χ0v) is 15.0. The molecule has 4 nitrogen and oxygen atoms in total. The molecule has 21 heavy (non-hydrogen) atoms. The molecule has 0 unspecified atom stereocenters. The van der Waals surface area contributed by atoms with Gasteiger partial charge in [0, 0.05) is 22.4 Å². The van der Waals surface area contributed by atoms with Crippen LogP contribution in [0.3, 0.4) is 0 Å². The molecule has 0 fully saturated rings. The van der Waals surface area contributed by atoms with Crippen molar-refractivity contribution in [1.82, 2.24) is 4.72 Å². The molecule has 0 bridgehead atoms. The van der Waals surface area contributed by atoms with E-state index in [1.165, 1.54) is 0 Å².